The lowest BCUT2D eigenvalue weighted by Gasteiger charge is -2.15. The van der Waals surface area contributed by atoms with Crippen molar-refractivity contribution >= 4 is 10.9 Å². The molecule has 80 valence electrons. The molecule has 16 heavy (non-hydrogen) atoms. The Labute approximate surface area is 95.8 Å². The first-order valence-electron chi connectivity index (χ1n) is 5.37. The van der Waals surface area contributed by atoms with Crippen molar-refractivity contribution in [3.8, 4) is 6.07 Å². The summed E-state index contributed by atoms with van der Waals surface area (Å²) in [5.74, 6) is 0. The van der Waals surface area contributed by atoms with Gasteiger partial charge < -0.3 is 0 Å². The molecule has 1 aromatic heterocycles. The minimum absolute atomic E-state index is 0.0214. The largest absolute Gasteiger partial charge is 0.212 e. The number of hydrogen-bond donors (Lipinski definition) is 0. The van der Waals surface area contributed by atoms with E-state index in [1.807, 2.05) is 30.5 Å². The van der Waals surface area contributed by atoms with Crippen LogP contribution in [0.15, 0.2) is 36.5 Å². The second-order valence-corrected chi connectivity index (χ2v) is 4.94. The maximum Gasteiger partial charge on any atom is 0.212 e. The van der Waals surface area contributed by atoms with Gasteiger partial charge in [0.25, 0.3) is 0 Å². The van der Waals surface area contributed by atoms with Crippen molar-refractivity contribution in [3.63, 3.8) is 0 Å². The number of fused-ring (bicyclic) bond motifs is 1. The molecule has 0 bridgehead atoms. The van der Waals surface area contributed by atoms with E-state index in [2.05, 4.69) is 37.5 Å². The predicted octanol–water partition coefficient (Wildman–Crippen LogP) is 2.75. The van der Waals surface area contributed by atoms with Gasteiger partial charge in [-0.1, -0.05) is 12.1 Å². The number of para-hydroxylation sites is 1. The molecule has 0 saturated heterocycles. The molecule has 0 spiro atoms. The van der Waals surface area contributed by atoms with Crippen LogP contribution >= 0.6 is 0 Å². The van der Waals surface area contributed by atoms with Crippen LogP contribution in [-0.2, 0) is 5.54 Å². The van der Waals surface area contributed by atoms with Crippen molar-refractivity contribution in [2.24, 2.45) is 0 Å². The zero-order valence-electron chi connectivity index (χ0n) is 9.86. The van der Waals surface area contributed by atoms with Gasteiger partial charge in [-0.2, -0.15) is 9.83 Å². The number of aromatic nitrogens is 1. The Morgan fingerprint density at radius 2 is 1.88 bits per heavy atom. The summed E-state index contributed by atoms with van der Waals surface area (Å²) in [5, 5.41) is 10.1. The molecule has 2 nitrogen and oxygen atoms in total. The molecule has 0 aliphatic rings. The van der Waals surface area contributed by atoms with Gasteiger partial charge in [-0.15, -0.1) is 0 Å². The Morgan fingerprint density at radius 3 is 2.50 bits per heavy atom. The molecule has 2 heteroatoms. The lowest BCUT2D eigenvalue weighted by molar-refractivity contribution is -0.730. The summed E-state index contributed by atoms with van der Waals surface area (Å²) in [5.41, 5.74) is 1.84. The summed E-state index contributed by atoms with van der Waals surface area (Å²) >= 11 is 0. The van der Waals surface area contributed by atoms with Gasteiger partial charge in [0.1, 0.15) is 11.6 Å². The third-order valence-electron chi connectivity index (χ3n) is 2.63. The van der Waals surface area contributed by atoms with Gasteiger partial charge in [0.2, 0.25) is 5.52 Å². The zero-order chi connectivity index (χ0) is 11.8. The van der Waals surface area contributed by atoms with Crippen molar-refractivity contribution in [3.05, 3.63) is 42.1 Å². The highest BCUT2D eigenvalue weighted by Gasteiger charge is 2.25. The van der Waals surface area contributed by atoms with E-state index in [0.29, 0.717) is 5.56 Å². The van der Waals surface area contributed by atoms with Gasteiger partial charge in [-0.3, -0.25) is 0 Å². The molecule has 0 aliphatic heterocycles. The molecule has 0 fully saturated rings. The Morgan fingerprint density at radius 1 is 1.19 bits per heavy atom. The van der Waals surface area contributed by atoms with Gasteiger partial charge in [0.05, 0.1) is 0 Å². The molecule has 0 unspecified atom stereocenters. The van der Waals surface area contributed by atoms with Crippen molar-refractivity contribution in [1.82, 2.24) is 0 Å². The van der Waals surface area contributed by atoms with Gasteiger partial charge >= 0.3 is 0 Å². The topological polar surface area (TPSA) is 27.7 Å². The molecular weight excluding hydrogens is 196 g/mol. The van der Waals surface area contributed by atoms with Crippen LogP contribution in [0.5, 0.6) is 0 Å². The number of hydrogen-bond acceptors (Lipinski definition) is 1. The van der Waals surface area contributed by atoms with Crippen LogP contribution < -0.4 is 4.57 Å². The Bertz CT molecular complexity index is 571. The summed E-state index contributed by atoms with van der Waals surface area (Å²) in [4.78, 5) is 0. The van der Waals surface area contributed by atoms with Crippen molar-refractivity contribution in [1.29, 1.82) is 5.26 Å². The van der Waals surface area contributed by atoms with Gasteiger partial charge in [-0.05, 0) is 12.1 Å². The molecule has 2 aromatic rings. The SMILES string of the molecule is CC(C)(C)[n+]1cc(C#N)cc2ccccc21. The maximum absolute atomic E-state index is 9.02. The van der Waals surface area contributed by atoms with Gasteiger partial charge in [0, 0.05) is 32.2 Å². The molecule has 1 aromatic carbocycles. The Hall–Kier alpha value is -1.88. The molecule has 2 rings (SSSR count). The van der Waals surface area contributed by atoms with Crippen molar-refractivity contribution in [2.45, 2.75) is 26.3 Å². The highest BCUT2D eigenvalue weighted by molar-refractivity contribution is 5.76. The van der Waals surface area contributed by atoms with E-state index >= 15 is 0 Å². The smallest absolute Gasteiger partial charge is 0.193 e. The van der Waals surface area contributed by atoms with Crippen molar-refractivity contribution < 1.29 is 4.57 Å². The first kappa shape index (κ1) is 10.6. The third-order valence-corrected chi connectivity index (χ3v) is 2.63. The first-order valence-corrected chi connectivity index (χ1v) is 5.37. The number of nitrogens with zero attached hydrogens (tertiary/aromatic N) is 2. The summed E-state index contributed by atoms with van der Waals surface area (Å²) in [6.45, 7) is 6.42. The lowest BCUT2D eigenvalue weighted by atomic mass is 10.1. The van der Waals surface area contributed by atoms with E-state index in [4.69, 9.17) is 5.26 Å². The van der Waals surface area contributed by atoms with Crippen LogP contribution in [0.2, 0.25) is 0 Å². The zero-order valence-corrected chi connectivity index (χ0v) is 9.86. The van der Waals surface area contributed by atoms with E-state index in [-0.39, 0.29) is 5.54 Å². The molecule has 0 saturated carbocycles. The third kappa shape index (κ3) is 1.77. The Balaban J connectivity index is 2.86. The minimum Gasteiger partial charge on any atom is -0.193 e. The van der Waals surface area contributed by atoms with E-state index in [9.17, 15) is 0 Å². The Kier molecular flexibility index (Phi) is 2.40. The van der Waals surface area contributed by atoms with Gasteiger partial charge in [-0.25, -0.2) is 0 Å². The second kappa shape index (κ2) is 3.61. The predicted molar refractivity (Wildman–Crippen MR) is 63.9 cm³/mol. The average Bonchev–Trinajstić information content (AvgIpc) is 2.26. The van der Waals surface area contributed by atoms with Crippen molar-refractivity contribution in [2.75, 3.05) is 0 Å². The van der Waals surface area contributed by atoms with Gasteiger partial charge in [0.15, 0.2) is 11.7 Å². The van der Waals surface area contributed by atoms with Crippen LogP contribution in [0.3, 0.4) is 0 Å². The second-order valence-electron chi connectivity index (χ2n) is 4.94. The molecule has 0 N–H and O–H groups in total. The highest BCUT2D eigenvalue weighted by atomic mass is 15.0. The minimum atomic E-state index is -0.0214. The number of rotatable bonds is 0. The summed E-state index contributed by atoms with van der Waals surface area (Å²) in [7, 11) is 0. The number of benzene rings is 1. The summed E-state index contributed by atoms with van der Waals surface area (Å²) in [6.07, 6.45) is 1.92. The number of pyridine rings is 1. The molecule has 0 amide bonds. The molecule has 0 aliphatic carbocycles. The van der Waals surface area contributed by atoms with E-state index in [1.165, 1.54) is 0 Å². The standard InChI is InChI=1S/C14H15N2/c1-14(2,3)16-10-11(9-15)8-12-6-4-5-7-13(12)16/h4-8,10H,1-3H3/q+1. The maximum atomic E-state index is 9.02. The number of nitriles is 1. The fourth-order valence-corrected chi connectivity index (χ4v) is 1.86. The highest BCUT2D eigenvalue weighted by Crippen LogP contribution is 2.15. The van der Waals surface area contributed by atoms with E-state index in [0.717, 1.165) is 10.9 Å². The summed E-state index contributed by atoms with van der Waals surface area (Å²) < 4.78 is 2.15. The monoisotopic (exact) mass is 211 g/mol. The normalized spacial score (nSPS) is 11.4. The fraction of sp³-hybridized carbons (Fsp3) is 0.286. The summed E-state index contributed by atoms with van der Waals surface area (Å²) in [6, 6.07) is 12.3. The van der Waals surface area contributed by atoms with E-state index in [1.54, 1.807) is 0 Å². The quantitative estimate of drug-likeness (QED) is 0.616. The molecule has 1 heterocycles. The van der Waals surface area contributed by atoms with E-state index < -0.39 is 0 Å². The molecular formula is C14H15N2+. The van der Waals surface area contributed by atoms with Crippen LogP contribution in [0, 0.1) is 11.3 Å². The fourth-order valence-electron chi connectivity index (χ4n) is 1.86. The molecule has 0 radical (unpaired) electrons. The lowest BCUT2D eigenvalue weighted by Crippen LogP contribution is -2.50. The first-order chi connectivity index (χ1) is 7.52. The van der Waals surface area contributed by atoms with Crippen LogP contribution in [-0.4, -0.2) is 0 Å². The molecule has 0 atom stereocenters. The van der Waals surface area contributed by atoms with Crippen LogP contribution in [0.25, 0.3) is 10.9 Å². The van der Waals surface area contributed by atoms with Crippen LogP contribution in [0.4, 0.5) is 0 Å². The van der Waals surface area contributed by atoms with Crippen LogP contribution in [0.1, 0.15) is 26.3 Å². The average molecular weight is 211 g/mol.